The predicted octanol–water partition coefficient (Wildman–Crippen LogP) is 1.71. The molecule has 2 heterocycles. The van der Waals surface area contributed by atoms with Crippen molar-refractivity contribution in [1.29, 1.82) is 0 Å². The Morgan fingerprint density at radius 1 is 1.10 bits per heavy atom. The van der Waals surface area contributed by atoms with Gasteiger partial charge in [0.15, 0.2) is 0 Å². The van der Waals surface area contributed by atoms with Crippen LogP contribution in [0.5, 0.6) is 0 Å². The fourth-order valence-electron chi connectivity index (χ4n) is 3.49. The van der Waals surface area contributed by atoms with Crippen molar-refractivity contribution in [3.8, 4) is 0 Å². The second kappa shape index (κ2) is 11.9. The van der Waals surface area contributed by atoms with E-state index in [0.29, 0.717) is 12.2 Å². The first kappa shape index (κ1) is 23.3. The van der Waals surface area contributed by atoms with E-state index < -0.39 is 17.5 Å². The van der Waals surface area contributed by atoms with Crippen LogP contribution in [0.3, 0.4) is 0 Å². The van der Waals surface area contributed by atoms with E-state index in [-0.39, 0.29) is 0 Å². The number of thiophene rings is 2. The van der Waals surface area contributed by atoms with E-state index in [0.717, 1.165) is 30.1 Å². The van der Waals surface area contributed by atoms with Gasteiger partial charge in [0.2, 0.25) is 0 Å². The van der Waals surface area contributed by atoms with Crippen molar-refractivity contribution in [1.82, 2.24) is 0 Å². The van der Waals surface area contributed by atoms with E-state index in [1.807, 2.05) is 0 Å². The lowest BCUT2D eigenvalue weighted by molar-refractivity contribution is -0.693. The van der Waals surface area contributed by atoms with Gasteiger partial charge in [0.1, 0.15) is 5.60 Å². The molecule has 0 radical (unpaired) electrons. The number of quaternary nitrogens is 1. The zero-order valence-electron chi connectivity index (χ0n) is 16.2. The number of carboxylic acid groups (broad SMARTS) is 2. The van der Waals surface area contributed by atoms with Gasteiger partial charge in [-0.05, 0) is 76.5 Å². The molecule has 1 saturated carbocycles. The van der Waals surface area contributed by atoms with Crippen LogP contribution in [0.25, 0.3) is 0 Å². The molecule has 0 saturated heterocycles. The molecule has 158 valence electrons. The molecule has 2 aromatic heterocycles. The third-order valence-corrected chi connectivity index (χ3v) is 6.38. The Bertz CT molecular complexity index is 715. The van der Waals surface area contributed by atoms with Gasteiger partial charge in [-0.2, -0.15) is 22.7 Å². The smallest absolute Gasteiger partial charge is 0.328 e. The number of rotatable bonds is 8. The second-order valence-electron chi connectivity index (χ2n) is 7.05. The van der Waals surface area contributed by atoms with Gasteiger partial charge in [-0.1, -0.05) is 6.42 Å². The van der Waals surface area contributed by atoms with Crippen molar-refractivity contribution < 1.29 is 30.2 Å². The van der Waals surface area contributed by atoms with Crippen LogP contribution in [-0.4, -0.2) is 34.7 Å². The number of carboxylic acids is 2. The van der Waals surface area contributed by atoms with Crippen molar-refractivity contribution in [3.63, 3.8) is 0 Å². The van der Waals surface area contributed by atoms with Crippen molar-refractivity contribution in [3.05, 3.63) is 56.9 Å². The molecule has 29 heavy (non-hydrogen) atoms. The number of hydrogen-bond acceptors (Lipinski definition) is 6. The topological polar surface area (TPSA) is 114 Å². The van der Waals surface area contributed by atoms with Gasteiger partial charge in [0.25, 0.3) is 0 Å². The number of carbonyl (C=O) groups excluding carboxylic acids is 1. The summed E-state index contributed by atoms with van der Waals surface area (Å²) in [4.78, 5) is 19.0. The monoisotopic (exact) mass is 437 g/mol. The van der Waals surface area contributed by atoms with Gasteiger partial charge in [-0.25, -0.2) is 4.79 Å². The van der Waals surface area contributed by atoms with E-state index in [9.17, 15) is 19.8 Å². The summed E-state index contributed by atoms with van der Waals surface area (Å²) < 4.78 is 0. The zero-order valence-corrected chi connectivity index (χ0v) is 17.8. The SMILES string of the molecule is O=C([O-])/C=C/C(=O)O.OC(CC[NH2+]C1CCCCC1)(c1ccsc1)c1ccsc1. The summed E-state index contributed by atoms with van der Waals surface area (Å²) >= 11 is 3.32. The third-order valence-electron chi connectivity index (χ3n) is 5.02. The maximum absolute atomic E-state index is 11.3. The Balaban J connectivity index is 0.000000321. The summed E-state index contributed by atoms with van der Waals surface area (Å²) in [7, 11) is 0. The van der Waals surface area contributed by atoms with Crippen LogP contribution in [0, 0.1) is 0 Å². The minimum Gasteiger partial charge on any atom is -0.545 e. The molecule has 8 heteroatoms. The molecule has 0 atom stereocenters. The molecule has 3 rings (SSSR count). The quantitative estimate of drug-likeness (QED) is 0.544. The van der Waals surface area contributed by atoms with Gasteiger partial charge < -0.3 is 25.4 Å². The normalized spacial score (nSPS) is 15.1. The summed E-state index contributed by atoms with van der Waals surface area (Å²) in [5.41, 5.74) is 1.27. The van der Waals surface area contributed by atoms with Gasteiger partial charge >= 0.3 is 5.97 Å². The average molecular weight is 438 g/mol. The number of hydrogen-bond donors (Lipinski definition) is 3. The highest BCUT2D eigenvalue weighted by atomic mass is 32.1. The lowest BCUT2D eigenvalue weighted by atomic mass is 9.86. The Kier molecular flexibility index (Phi) is 9.53. The Morgan fingerprint density at radius 3 is 2.10 bits per heavy atom. The molecule has 6 nitrogen and oxygen atoms in total. The maximum Gasteiger partial charge on any atom is 0.328 e. The van der Waals surface area contributed by atoms with Crippen LogP contribution in [0.2, 0.25) is 0 Å². The number of nitrogens with two attached hydrogens (primary N) is 1. The highest BCUT2D eigenvalue weighted by Gasteiger charge is 2.33. The summed E-state index contributed by atoms with van der Waals surface area (Å²) in [6.07, 6.45) is 8.57. The van der Waals surface area contributed by atoms with E-state index in [1.54, 1.807) is 22.7 Å². The molecule has 0 bridgehead atoms. The molecule has 0 spiro atoms. The molecular weight excluding hydrogens is 410 g/mol. The number of aliphatic carboxylic acids is 2. The summed E-state index contributed by atoms with van der Waals surface area (Å²) in [6.45, 7) is 0.993. The Morgan fingerprint density at radius 2 is 1.69 bits per heavy atom. The lowest BCUT2D eigenvalue weighted by Crippen LogP contribution is -2.90. The van der Waals surface area contributed by atoms with Crippen molar-refractivity contribution in [2.45, 2.75) is 50.2 Å². The fraction of sp³-hybridized carbons (Fsp3) is 0.429. The first-order valence-corrected chi connectivity index (χ1v) is 11.5. The standard InChI is InChI=1S/C17H23NOS2.C4H4O4/c19-17(14-6-10-20-12-14,15-7-11-21-13-15)8-9-18-16-4-2-1-3-5-16;5-3(6)1-2-4(7)8/h6-7,10-13,16,18-19H,1-5,8-9H2;1-2H,(H,5,6)(H,7,8)/b;2-1+. The van der Waals surface area contributed by atoms with E-state index in [1.165, 1.54) is 32.1 Å². The van der Waals surface area contributed by atoms with E-state index in [4.69, 9.17) is 5.11 Å². The Hall–Kier alpha value is -2.00. The molecule has 2 aromatic rings. The summed E-state index contributed by atoms with van der Waals surface area (Å²) in [6, 6.07) is 4.89. The molecule has 0 aromatic carbocycles. The largest absolute Gasteiger partial charge is 0.545 e. The number of aliphatic hydroxyl groups is 1. The van der Waals surface area contributed by atoms with Gasteiger partial charge in [0.05, 0.1) is 18.6 Å². The molecule has 1 fully saturated rings. The highest BCUT2D eigenvalue weighted by Crippen LogP contribution is 2.35. The maximum atomic E-state index is 11.3. The molecule has 1 aliphatic carbocycles. The van der Waals surface area contributed by atoms with E-state index in [2.05, 4.69) is 39.0 Å². The van der Waals surface area contributed by atoms with Crippen LogP contribution >= 0.6 is 22.7 Å². The van der Waals surface area contributed by atoms with Crippen LogP contribution < -0.4 is 10.4 Å². The first-order chi connectivity index (χ1) is 13.9. The first-order valence-electron chi connectivity index (χ1n) is 9.65. The van der Waals surface area contributed by atoms with Gasteiger partial charge in [-0.15, -0.1) is 0 Å². The summed E-state index contributed by atoms with van der Waals surface area (Å²) in [5.74, 6) is -2.80. The van der Waals surface area contributed by atoms with E-state index >= 15 is 0 Å². The molecule has 0 aliphatic heterocycles. The van der Waals surface area contributed by atoms with Crippen molar-refractivity contribution >= 4 is 34.6 Å². The summed E-state index contributed by atoms with van der Waals surface area (Å²) in [5, 5.41) is 39.2. The fourth-order valence-corrected chi connectivity index (χ4v) is 4.94. The lowest BCUT2D eigenvalue weighted by Gasteiger charge is -2.28. The third kappa shape index (κ3) is 7.74. The molecule has 0 amide bonds. The Labute approximate surface area is 178 Å². The molecule has 0 unspecified atom stereocenters. The molecule has 4 N–H and O–H groups in total. The second-order valence-corrected chi connectivity index (χ2v) is 8.61. The van der Waals surface area contributed by atoms with Gasteiger partial charge in [-0.3, -0.25) is 0 Å². The zero-order chi connectivity index (χ0) is 21.1. The minimum atomic E-state index is -1.51. The van der Waals surface area contributed by atoms with Gasteiger partial charge in [0, 0.05) is 12.5 Å². The van der Waals surface area contributed by atoms with Crippen LogP contribution in [0.1, 0.15) is 49.7 Å². The van der Waals surface area contributed by atoms with Crippen LogP contribution in [0.15, 0.2) is 45.8 Å². The van der Waals surface area contributed by atoms with Crippen LogP contribution in [-0.2, 0) is 15.2 Å². The van der Waals surface area contributed by atoms with Crippen LogP contribution in [0.4, 0.5) is 0 Å². The van der Waals surface area contributed by atoms with Crippen molar-refractivity contribution in [2.75, 3.05) is 6.54 Å². The highest BCUT2D eigenvalue weighted by molar-refractivity contribution is 7.08. The molecular formula is C21H27NO5S2. The van der Waals surface area contributed by atoms with Crippen molar-refractivity contribution in [2.24, 2.45) is 0 Å². The number of carbonyl (C=O) groups is 2. The average Bonchev–Trinajstić information content (AvgIpc) is 3.42. The molecule has 1 aliphatic rings. The minimum absolute atomic E-state index is 0.447. The predicted molar refractivity (Wildman–Crippen MR) is 112 cm³/mol.